The number of nitrogens with one attached hydrogen (secondary N) is 2. The highest BCUT2D eigenvalue weighted by Gasteiger charge is 2.20. The van der Waals surface area contributed by atoms with E-state index in [1.54, 1.807) is 0 Å². The molecule has 0 aromatic heterocycles. The standard InChI is InChI=1S/C14H29N3O3/c1-6-7-11(8-13(18)19)15-14(20)16-12(10(2)3)9-17(4)5/h10-12H,6-9H2,1-5H3,(H,18,19)(H2,15,16,20). The predicted octanol–water partition coefficient (Wildman–Crippen LogP) is 1.52. The van der Waals surface area contributed by atoms with E-state index in [9.17, 15) is 9.59 Å². The third-order valence-electron chi connectivity index (χ3n) is 3.08. The van der Waals surface area contributed by atoms with Crippen LogP contribution in [0.15, 0.2) is 0 Å². The summed E-state index contributed by atoms with van der Waals surface area (Å²) in [7, 11) is 3.92. The van der Waals surface area contributed by atoms with Gasteiger partial charge in [-0.25, -0.2) is 4.79 Å². The number of likely N-dealkylation sites (N-methyl/N-ethyl adjacent to an activating group) is 1. The number of rotatable bonds is 9. The molecular formula is C14H29N3O3. The Morgan fingerprint density at radius 2 is 1.80 bits per heavy atom. The Bertz CT molecular complexity index is 306. The average Bonchev–Trinajstić information content (AvgIpc) is 2.26. The summed E-state index contributed by atoms with van der Waals surface area (Å²) < 4.78 is 0. The number of aliphatic carboxylic acids is 1. The minimum Gasteiger partial charge on any atom is -0.481 e. The SMILES string of the molecule is CCCC(CC(=O)O)NC(=O)NC(CN(C)C)C(C)C. The van der Waals surface area contributed by atoms with Crippen molar-refractivity contribution in [1.29, 1.82) is 0 Å². The lowest BCUT2D eigenvalue weighted by atomic mass is 10.0. The van der Waals surface area contributed by atoms with Crippen molar-refractivity contribution in [2.75, 3.05) is 20.6 Å². The first kappa shape index (κ1) is 18.7. The topological polar surface area (TPSA) is 81.7 Å². The van der Waals surface area contributed by atoms with Crippen LogP contribution in [0.25, 0.3) is 0 Å². The molecule has 2 amide bonds. The molecule has 0 bridgehead atoms. The van der Waals surface area contributed by atoms with Crippen LogP contribution in [0.3, 0.4) is 0 Å². The van der Waals surface area contributed by atoms with Crippen LogP contribution in [-0.2, 0) is 4.79 Å². The highest BCUT2D eigenvalue weighted by atomic mass is 16.4. The summed E-state index contributed by atoms with van der Waals surface area (Å²) >= 11 is 0. The van der Waals surface area contributed by atoms with Crippen molar-refractivity contribution < 1.29 is 14.7 Å². The molecule has 20 heavy (non-hydrogen) atoms. The maximum atomic E-state index is 12.0. The average molecular weight is 287 g/mol. The molecule has 118 valence electrons. The fraction of sp³-hybridized carbons (Fsp3) is 0.857. The van der Waals surface area contributed by atoms with E-state index in [0.29, 0.717) is 12.3 Å². The number of carboxylic acids is 1. The number of amides is 2. The molecule has 6 nitrogen and oxygen atoms in total. The smallest absolute Gasteiger partial charge is 0.315 e. The van der Waals surface area contributed by atoms with Crippen molar-refractivity contribution in [3.05, 3.63) is 0 Å². The number of hydrogen-bond acceptors (Lipinski definition) is 3. The fourth-order valence-corrected chi connectivity index (χ4v) is 2.00. The molecule has 6 heteroatoms. The lowest BCUT2D eigenvalue weighted by molar-refractivity contribution is -0.137. The van der Waals surface area contributed by atoms with Crippen molar-refractivity contribution in [2.45, 2.75) is 52.1 Å². The first-order chi connectivity index (χ1) is 9.26. The second kappa shape index (κ2) is 9.58. The molecule has 0 aliphatic carbocycles. The summed E-state index contributed by atoms with van der Waals surface area (Å²) in [4.78, 5) is 24.8. The van der Waals surface area contributed by atoms with Gasteiger partial charge in [-0.1, -0.05) is 27.2 Å². The molecule has 0 aliphatic heterocycles. The van der Waals surface area contributed by atoms with E-state index < -0.39 is 5.97 Å². The molecule has 2 unspecified atom stereocenters. The molecule has 0 rings (SSSR count). The van der Waals surface area contributed by atoms with Gasteiger partial charge in [0.2, 0.25) is 0 Å². The lowest BCUT2D eigenvalue weighted by Gasteiger charge is -2.27. The maximum Gasteiger partial charge on any atom is 0.315 e. The molecule has 0 saturated heterocycles. The highest BCUT2D eigenvalue weighted by molar-refractivity contribution is 5.76. The largest absolute Gasteiger partial charge is 0.481 e. The summed E-state index contributed by atoms with van der Waals surface area (Å²) in [5.41, 5.74) is 0. The molecule has 0 radical (unpaired) electrons. The zero-order chi connectivity index (χ0) is 15.7. The van der Waals surface area contributed by atoms with Gasteiger partial charge >= 0.3 is 12.0 Å². The van der Waals surface area contributed by atoms with Crippen molar-refractivity contribution in [3.8, 4) is 0 Å². The van der Waals surface area contributed by atoms with E-state index in [4.69, 9.17) is 5.11 Å². The Kier molecular flexibility index (Phi) is 8.96. The van der Waals surface area contributed by atoms with Gasteiger partial charge in [0.25, 0.3) is 0 Å². The molecule has 2 atom stereocenters. The fourth-order valence-electron chi connectivity index (χ4n) is 2.00. The number of hydrogen-bond donors (Lipinski definition) is 3. The molecule has 0 saturated carbocycles. The minimum atomic E-state index is -0.891. The molecule has 0 heterocycles. The Labute approximate surface area is 121 Å². The van der Waals surface area contributed by atoms with Gasteiger partial charge in [0.1, 0.15) is 0 Å². The number of carbonyl (C=O) groups excluding carboxylic acids is 1. The van der Waals surface area contributed by atoms with Crippen molar-refractivity contribution in [3.63, 3.8) is 0 Å². The van der Waals surface area contributed by atoms with Crippen LogP contribution < -0.4 is 10.6 Å². The molecule has 0 aromatic rings. The number of carboxylic acid groups (broad SMARTS) is 1. The van der Waals surface area contributed by atoms with E-state index in [1.165, 1.54) is 0 Å². The maximum absolute atomic E-state index is 12.0. The van der Waals surface area contributed by atoms with E-state index in [2.05, 4.69) is 24.5 Å². The minimum absolute atomic E-state index is 0.0390. The van der Waals surface area contributed by atoms with Crippen LogP contribution in [0.5, 0.6) is 0 Å². The third kappa shape index (κ3) is 8.74. The zero-order valence-corrected chi connectivity index (χ0v) is 13.3. The molecule has 0 spiro atoms. The van der Waals surface area contributed by atoms with Gasteiger partial charge in [0.05, 0.1) is 6.42 Å². The summed E-state index contributed by atoms with van der Waals surface area (Å²) in [6.07, 6.45) is 1.46. The first-order valence-electron chi connectivity index (χ1n) is 7.19. The molecular weight excluding hydrogens is 258 g/mol. The van der Waals surface area contributed by atoms with Gasteiger partial charge in [-0.3, -0.25) is 4.79 Å². The van der Waals surface area contributed by atoms with Crippen LogP contribution in [-0.4, -0.2) is 54.7 Å². The molecule has 0 aliphatic rings. The number of urea groups is 1. The Balaban J connectivity index is 4.43. The van der Waals surface area contributed by atoms with Gasteiger partial charge in [-0.05, 0) is 26.4 Å². The summed E-state index contributed by atoms with van der Waals surface area (Å²) in [5, 5.41) is 14.5. The first-order valence-corrected chi connectivity index (χ1v) is 7.19. The van der Waals surface area contributed by atoms with Crippen molar-refractivity contribution in [2.24, 2.45) is 5.92 Å². The number of carbonyl (C=O) groups is 2. The van der Waals surface area contributed by atoms with Gasteiger partial charge in [-0.15, -0.1) is 0 Å². The van der Waals surface area contributed by atoms with Crippen LogP contribution in [0.2, 0.25) is 0 Å². The van der Waals surface area contributed by atoms with E-state index in [-0.39, 0.29) is 24.5 Å². The lowest BCUT2D eigenvalue weighted by Crippen LogP contribution is -2.51. The van der Waals surface area contributed by atoms with Crippen molar-refractivity contribution in [1.82, 2.24) is 15.5 Å². The van der Waals surface area contributed by atoms with Crippen LogP contribution in [0, 0.1) is 5.92 Å². The number of nitrogens with zero attached hydrogens (tertiary/aromatic N) is 1. The third-order valence-corrected chi connectivity index (χ3v) is 3.08. The zero-order valence-electron chi connectivity index (χ0n) is 13.3. The molecule has 3 N–H and O–H groups in total. The second-order valence-corrected chi connectivity index (χ2v) is 5.81. The second-order valence-electron chi connectivity index (χ2n) is 5.81. The summed E-state index contributed by atoms with van der Waals surface area (Å²) in [6, 6.07) is -0.563. The monoisotopic (exact) mass is 287 g/mol. The summed E-state index contributed by atoms with van der Waals surface area (Å²) in [5.74, 6) is -0.579. The molecule has 0 aromatic carbocycles. The van der Waals surface area contributed by atoms with Gasteiger partial charge in [-0.2, -0.15) is 0 Å². The normalized spacial score (nSPS) is 14.2. The van der Waals surface area contributed by atoms with Gasteiger partial charge in [0, 0.05) is 18.6 Å². The Morgan fingerprint density at radius 3 is 2.20 bits per heavy atom. The molecule has 0 fully saturated rings. The highest BCUT2D eigenvalue weighted by Crippen LogP contribution is 2.05. The van der Waals surface area contributed by atoms with Crippen LogP contribution >= 0.6 is 0 Å². The van der Waals surface area contributed by atoms with Gasteiger partial charge in [0.15, 0.2) is 0 Å². The van der Waals surface area contributed by atoms with Crippen LogP contribution in [0.1, 0.15) is 40.0 Å². The quantitative estimate of drug-likeness (QED) is 0.600. The predicted molar refractivity (Wildman–Crippen MR) is 79.8 cm³/mol. The van der Waals surface area contributed by atoms with E-state index >= 15 is 0 Å². The van der Waals surface area contributed by atoms with Crippen LogP contribution in [0.4, 0.5) is 4.79 Å². The Morgan fingerprint density at radius 1 is 1.20 bits per heavy atom. The van der Waals surface area contributed by atoms with E-state index in [0.717, 1.165) is 13.0 Å². The van der Waals surface area contributed by atoms with E-state index in [1.807, 2.05) is 25.9 Å². The summed E-state index contributed by atoms with van der Waals surface area (Å²) in [6.45, 7) is 6.82. The van der Waals surface area contributed by atoms with Crippen molar-refractivity contribution >= 4 is 12.0 Å². The Hall–Kier alpha value is -1.30. The van der Waals surface area contributed by atoms with Gasteiger partial charge < -0.3 is 20.6 Å².